The van der Waals surface area contributed by atoms with E-state index in [2.05, 4.69) is 15.2 Å². The van der Waals surface area contributed by atoms with Gasteiger partial charge in [-0.2, -0.15) is 26.3 Å². The number of rotatable bonds is 8. The van der Waals surface area contributed by atoms with Crippen molar-refractivity contribution in [3.05, 3.63) is 46.0 Å². The largest absolute Gasteiger partial charge is 0.416 e. The summed E-state index contributed by atoms with van der Waals surface area (Å²) in [4.78, 5) is 23.0. The molecule has 3 heterocycles. The number of halogens is 6. The molecule has 13 heteroatoms. The topological polar surface area (TPSA) is 57.7 Å². The highest BCUT2D eigenvalue weighted by Crippen LogP contribution is 2.46. The smallest absolute Gasteiger partial charge is 0.378 e. The molecule has 2 aromatic rings. The Morgan fingerprint density at radius 1 is 1.02 bits per heavy atom. The van der Waals surface area contributed by atoms with Crippen molar-refractivity contribution in [2.75, 3.05) is 44.3 Å². The molecule has 220 valence electrons. The summed E-state index contributed by atoms with van der Waals surface area (Å²) in [6, 6.07) is 1.56. The van der Waals surface area contributed by atoms with Gasteiger partial charge in [0.05, 0.1) is 36.3 Å². The van der Waals surface area contributed by atoms with Gasteiger partial charge in [0.2, 0.25) is 5.91 Å². The quantitative estimate of drug-likeness (QED) is 0.399. The average molecular weight is 591 g/mol. The van der Waals surface area contributed by atoms with Crippen LogP contribution in [-0.2, 0) is 35.0 Å². The van der Waals surface area contributed by atoms with Gasteiger partial charge in [-0.05, 0) is 62.0 Å². The van der Waals surface area contributed by atoms with Gasteiger partial charge in [-0.1, -0.05) is 12.8 Å². The van der Waals surface area contributed by atoms with Crippen molar-refractivity contribution in [2.24, 2.45) is 11.3 Å². The van der Waals surface area contributed by atoms with Crippen LogP contribution in [0.2, 0.25) is 0 Å². The molecule has 1 aromatic heterocycles. The molecule has 1 aromatic carbocycles. The van der Waals surface area contributed by atoms with Gasteiger partial charge in [0, 0.05) is 30.7 Å². The van der Waals surface area contributed by atoms with E-state index in [1.54, 1.807) is 6.20 Å². The third-order valence-electron chi connectivity index (χ3n) is 7.87. The molecule has 0 atom stereocenters. The summed E-state index contributed by atoms with van der Waals surface area (Å²) in [7, 11) is 0. The first-order chi connectivity index (χ1) is 18.9. The number of thiazole rings is 1. The predicted molar refractivity (Wildman–Crippen MR) is 138 cm³/mol. The minimum absolute atomic E-state index is 0.0539. The van der Waals surface area contributed by atoms with E-state index in [4.69, 9.17) is 4.74 Å². The Bertz CT molecular complexity index is 1150. The summed E-state index contributed by atoms with van der Waals surface area (Å²) in [5.41, 5.74) is -3.67. The minimum atomic E-state index is -4.96. The van der Waals surface area contributed by atoms with E-state index in [0.717, 1.165) is 30.1 Å². The summed E-state index contributed by atoms with van der Waals surface area (Å²) in [6.07, 6.45) is -4.38. The van der Waals surface area contributed by atoms with Crippen LogP contribution in [0.15, 0.2) is 24.4 Å². The Kier molecular flexibility index (Phi) is 8.36. The Balaban J connectivity index is 1.48. The fraction of sp³-hybridized carbons (Fsp3) is 0.630. The lowest BCUT2D eigenvalue weighted by Gasteiger charge is -2.40. The van der Waals surface area contributed by atoms with Crippen molar-refractivity contribution >= 4 is 22.4 Å². The van der Waals surface area contributed by atoms with Gasteiger partial charge in [-0.3, -0.25) is 4.79 Å². The van der Waals surface area contributed by atoms with E-state index < -0.39 is 28.9 Å². The SMILES string of the molecule is O=C(N(Cc1cc(C(F)(F)F)cc(C(F)(F)F)c1)Cc1cnc(N2CCOCC2)s1)C1(CC2CC2)CCNCC1. The molecule has 6 nitrogen and oxygen atoms in total. The lowest BCUT2D eigenvalue weighted by Crippen LogP contribution is -2.49. The number of aromatic nitrogens is 1. The first-order valence-corrected chi connectivity index (χ1v) is 14.3. The van der Waals surface area contributed by atoms with E-state index in [9.17, 15) is 31.1 Å². The number of hydrogen-bond acceptors (Lipinski definition) is 6. The Hall–Kier alpha value is -2.38. The number of nitrogens with zero attached hydrogens (tertiary/aromatic N) is 3. The number of amides is 1. The second kappa shape index (κ2) is 11.5. The first-order valence-electron chi connectivity index (χ1n) is 13.5. The van der Waals surface area contributed by atoms with Gasteiger partial charge >= 0.3 is 12.4 Å². The molecule has 2 aliphatic heterocycles. The van der Waals surface area contributed by atoms with Crippen LogP contribution in [0, 0.1) is 11.3 Å². The summed E-state index contributed by atoms with van der Waals surface area (Å²) in [6.45, 7) is 3.41. The monoisotopic (exact) mass is 590 g/mol. The molecule has 2 saturated heterocycles. The third kappa shape index (κ3) is 6.91. The van der Waals surface area contributed by atoms with Gasteiger partial charge in [0.15, 0.2) is 5.13 Å². The van der Waals surface area contributed by atoms with Gasteiger partial charge in [-0.15, -0.1) is 11.3 Å². The van der Waals surface area contributed by atoms with E-state index in [-0.39, 0.29) is 30.6 Å². The molecule has 1 aliphatic carbocycles. The second-order valence-corrected chi connectivity index (χ2v) is 12.1. The van der Waals surface area contributed by atoms with Crippen molar-refractivity contribution < 1.29 is 35.9 Å². The summed E-state index contributed by atoms with van der Waals surface area (Å²) >= 11 is 1.38. The number of benzene rings is 1. The second-order valence-electron chi connectivity index (χ2n) is 11.0. The van der Waals surface area contributed by atoms with Crippen molar-refractivity contribution in [2.45, 2.75) is 57.5 Å². The number of piperidine rings is 1. The highest BCUT2D eigenvalue weighted by molar-refractivity contribution is 7.15. The molecule has 3 fully saturated rings. The molecule has 0 radical (unpaired) electrons. The molecule has 1 saturated carbocycles. The fourth-order valence-corrected chi connectivity index (χ4v) is 6.59. The predicted octanol–water partition coefficient (Wildman–Crippen LogP) is 5.72. The lowest BCUT2D eigenvalue weighted by molar-refractivity contribution is -0.146. The zero-order chi connectivity index (χ0) is 28.5. The number of alkyl halides is 6. The summed E-state index contributed by atoms with van der Waals surface area (Å²) in [5, 5.41) is 4.02. The van der Waals surface area contributed by atoms with Crippen molar-refractivity contribution in [3.8, 4) is 0 Å². The number of ether oxygens (including phenoxy) is 1. The molecule has 0 spiro atoms. The first kappa shape index (κ1) is 29.1. The molecule has 0 bridgehead atoms. The maximum Gasteiger partial charge on any atom is 0.416 e. The Morgan fingerprint density at radius 3 is 2.23 bits per heavy atom. The molecule has 5 rings (SSSR count). The average Bonchev–Trinajstić information content (AvgIpc) is 3.60. The Labute approximate surface area is 232 Å². The highest BCUT2D eigenvalue weighted by Gasteiger charge is 2.46. The zero-order valence-corrected chi connectivity index (χ0v) is 22.7. The number of carbonyl (C=O) groups excluding carboxylic acids is 1. The van der Waals surface area contributed by atoms with Crippen LogP contribution in [-0.4, -0.2) is 55.2 Å². The van der Waals surface area contributed by atoms with E-state index in [0.29, 0.717) is 69.5 Å². The van der Waals surface area contributed by atoms with Crippen LogP contribution < -0.4 is 10.2 Å². The number of morpholine rings is 1. The molecule has 40 heavy (non-hydrogen) atoms. The number of anilines is 1. The van der Waals surface area contributed by atoms with Gasteiger partial charge < -0.3 is 19.9 Å². The molecule has 1 N–H and O–H groups in total. The van der Waals surface area contributed by atoms with Crippen LogP contribution in [0.1, 0.15) is 53.7 Å². The fourth-order valence-electron chi connectivity index (χ4n) is 5.61. The number of nitrogens with one attached hydrogen (secondary N) is 1. The Morgan fingerprint density at radius 2 is 1.65 bits per heavy atom. The maximum atomic E-state index is 14.3. The highest BCUT2D eigenvalue weighted by atomic mass is 32.1. The van der Waals surface area contributed by atoms with Crippen molar-refractivity contribution in [1.29, 1.82) is 0 Å². The molecule has 1 amide bonds. The lowest BCUT2D eigenvalue weighted by atomic mass is 9.73. The molecular weight excluding hydrogens is 558 g/mol. The van der Waals surface area contributed by atoms with E-state index >= 15 is 0 Å². The van der Waals surface area contributed by atoms with Crippen molar-refractivity contribution in [1.82, 2.24) is 15.2 Å². The van der Waals surface area contributed by atoms with Crippen LogP contribution in [0.4, 0.5) is 31.5 Å². The van der Waals surface area contributed by atoms with Crippen LogP contribution in [0.25, 0.3) is 0 Å². The summed E-state index contributed by atoms with van der Waals surface area (Å²) in [5.74, 6) is 0.207. The summed E-state index contributed by atoms with van der Waals surface area (Å²) < 4.78 is 86.9. The molecular formula is C27H32F6N4O2S. The van der Waals surface area contributed by atoms with Gasteiger partial charge in [0.25, 0.3) is 0 Å². The number of carbonyl (C=O) groups is 1. The normalized spacial score (nSPS) is 20.0. The maximum absolute atomic E-state index is 14.3. The minimum Gasteiger partial charge on any atom is -0.378 e. The van der Waals surface area contributed by atoms with E-state index in [1.807, 2.05) is 0 Å². The van der Waals surface area contributed by atoms with E-state index in [1.165, 1.54) is 16.2 Å². The zero-order valence-electron chi connectivity index (χ0n) is 21.9. The van der Waals surface area contributed by atoms with Crippen LogP contribution in [0.5, 0.6) is 0 Å². The van der Waals surface area contributed by atoms with Crippen LogP contribution >= 0.6 is 11.3 Å². The van der Waals surface area contributed by atoms with Crippen LogP contribution in [0.3, 0.4) is 0 Å². The molecule has 0 unspecified atom stereocenters. The third-order valence-corrected chi connectivity index (χ3v) is 8.91. The standard InChI is InChI=1S/C27H32F6N4O2S/c28-26(29,30)20-11-19(12-21(13-20)27(31,32)33)16-37(17-22-15-35-24(40-22)36-7-9-39-10-8-36)23(38)25(14-18-1-2-18)3-5-34-6-4-25/h11-13,15,18,34H,1-10,14,16-17H2. The van der Waals surface area contributed by atoms with Gasteiger partial charge in [0.1, 0.15) is 0 Å². The number of hydrogen-bond donors (Lipinski definition) is 1. The molecule has 3 aliphatic rings. The van der Waals surface area contributed by atoms with Crippen molar-refractivity contribution in [3.63, 3.8) is 0 Å². The van der Waals surface area contributed by atoms with Gasteiger partial charge in [-0.25, -0.2) is 4.98 Å².